The highest BCUT2D eigenvalue weighted by Crippen LogP contribution is 2.27. The van der Waals surface area contributed by atoms with E-state index in [1.165, 1.54) is 29.7 Å². The highest BCUT2D eigenvalue weighted by Gasteiger charge is 2.18. The molecule has 3 aromatic carbocycles. The second kappa shape index (κ2) is 11.4. The van der Waals surface area contributed by atoms with E-state index in [-0.39, 0.29) is 17.0 Å². The van der Waals surface area contributed by atoms with Crippen molar-refractivity contribution in [1.29, 1.82) is 0 Å². The Balaban J connectivity index is 1.17. The van der Waals surface area contributed by atoms with Gasteiger partial charge in [0.1, 0.15) is 0 Å². The van der Waals surface area contributed by atoms with Crippen molar-refractivity contribution in [1.82, 2.24) is 4.98 Å². The lowest BCUT2D eigenvalue weighted by atomic mass is 10.0. The van der Waals surface area contributed by atoms with Crippen LogP contribution in [0.4, 0.5) is 10.8 Å². The standard InChI is InChI=1S/C29H21N3O5S/c33-26(17-37-28(35)22-9-4-5-10-23(22)30-27(34)25-11-6-16-36-25)32-29-31-24(18-38-29)21-14-12-20(13-15-21)19-7-2-1-3-8-19/h1-16,18H,17H2,(H,30,34)(H,31,32,33). The Hall–Kier alpha value is -5.02. The third-order valence-electron chi connectivity index (χ3n) is 5.51. The third kappa shape index (κ3) is 5.85. The molecule has 0 aliphatic carbocycles. The number of amides is 2. The van der Waals surface area contributed by atoms with Crippen molar-refractivity contribution in [2.24, 2.45) is 0 Å². The van der Waals surface area contributed by atoms with Gasteiger partial charge >= 0.3 is 5.97 Å². The number of benzene rings is 3. The average Bonchev–Trinajstić information content (AvgIpc) is 3.66. The molecule has 188 valence electrons. The van der Waals surface area contributed by atoms with E-state index in [0.717, 1.165) is 22.4 Å². The Morgan fingerprint density at radius 3 is 2.26 bits per heavy atom. The smallest absolute Gasteiger partial charge is 0.340 e. The van der Waals surface area contributed by atoms with E-state index >= 15 is 0 Å². The van der Waals surface area contributed by atoms with Gasteiger partial charge in [-0.15, -0.1) is 11.3 Å². The van der Waals surface area contributed by atoms with Crippen molar-refractivity contribution in [2.75, 3.05) is 17.2 Å². The number of furan rings is 1. The molecule has 0 atom stereocenters. The van der Waals surface area contributed by atoms with E-state index in [4.69, 9.17) is 9.15 Å². The number of hydrogen-bond donors (Lipinski definition) is 2. The largest absolute Gasteiger partial charge is 0.459 e. The molecular formula is C29H21N3O5S. The molecule has 0 spiro atoms. The molecule has 5 aromatic rings. The van der Waals surface area contributed by atoms with Crippen LogP contribution in [0.1, 0.15) is 20.9 Å². The van der Waals surface area contributed by atoms with E-state index in [0.29, 0.717) is 5.13 Å². The van der Waals surface area contributed by atoms with Crippen molar-refractivity contribution in [3.05, 3.63) is 114 Å². The molecule has 5 rings (SSSR count). The predicted molar refractivity (Wildman–Crippen MR) is 145 cm³/mol. The number of hydrogen-bond acceptors (Lipinski definition) is 7. The molecule has 0 bridgehead atoms. The second-order valence-corrected chi connectivity index (χ2v) is 8.94. The number of nitrogens with zero attached hydrogens (tertiary/aromatic N) is 1. The van der Waals surface area contributed by atoms with Crippen LogP contribution in [0.2, 0.25) is 0 Å². The fourth-order valence-electron chi connectivity index (χ4n) is 3.65. The summed E-state index contributed by atoms with van der Waals surface area (Å²) in [5, 5.41) is 7.49. The van der Waals surface area contributed by atoms with E-state index in [2.05, 4.69) is 15.6 Å². The topological polar surface area (TPSA) is 111 Å². The molecule has 2 amide bonds. The summed E-state index contributed by atoms with van der Waals surface area (Å²) in [4.78, 5) is 41.8. The maximum Gasteiger partial charge on any atom is 0.340 e. The van der Waals surface area contributed by atoms with Gasteiger partial charge in [0.25, 0.3) is 11.8 Å². The number of carbonyl (C=O) groups is 3. The maximum absolute atomic E-state index is 12.6. The first-order valence-corrected chi connectivity index (χ1v) is 12.5. The zero-order valence-electron chi connectivity index (χ0n) is 19.9. The minimum absolute atomic E-state index is 0.0995. The Labute approximate surface area is 221 Å². The van der Waals surface area contributed by atoms with Gasteiger partial charge in [-0.2, -0.15) is 0 Å². The second-order valence-electron chi connectivity index (χ2n) is 8.08. The molecule has 8 nitrogen and oxygen atoms in total. The zero-order valence-corrected chi connectivity index (χ0v) is 20.7. The first kappa shape index (κ1) is 24.7. The first-order valence-electron chi connectivity index (χ1n) is 11.6. The fourth-order valence-corrected chi connectivity index (χ4v) is 4.39. The summed E-state index contributed by atoms with van der Waals surface area (Å²) < 4.78 is 10.2. The lowest BCUT2D eigenvalue weighted by molar-refractivity contribution is -0.119. The third-order valence-corrected chi connectivity index (χ3v) is 6.27. The van der Waals surface area contributed by atoms with Crippen LogP contribution in [0.3, 0.4) is 0 Å². The van der Waals surface area contributed by atoms with E-state index in [9.17, 15) is 14.4 Å². The van der Waals surface area contributed by atoms with Crippen LogP contribution < -0.4 is 10.6 Å². The highest BCUT2D eigenvalue weighted by atomic mass is 32.1. The van der Waals surface area contributed by atoms with Gasteiger partial charge in [0.15, 0.2) is 17.5 Å². The number of para-hydroxylation sites is 1. The predicted octanol–water partition coefficient (Wildman–Crippen LogP) is 6.12. The molecule has 2 N–H and O–H groups in total. The molecule has 2 aromatic heterocycles. The van der Waals surface area contributed by atoms with Crippen molar-refractivity contribution in [3.8, 4) is 22.4 Å². The van der Waals surface area contributed by atoms with Crippen molar-refractivity contribution < 1.29 is 23.5 Å². The summed E-state index contributed by atoms with van der Waals surface area (Å²) in [5.41, 5.74) is 4.21. The number of carbonyl (C=O) groups excluding carboxylic acids is 3. The minimum atomic E-state index is -0.756. The normalized spacial score (nSPS) is 10.5. The van der Waals surface area contributed by atoms with Crippen LogP contribution in [-0.2, 0) is 9.53 Å². The molecule has 0 aliphatic rings. The van der Waals surface area contributed by atoms with Crippen LogP contribution in [0, 0.1) is 0 Å². The number of rotatable bonds is 8. The van der Waals surface area contributed by atoms with Crippen LogP contribution >= 0.6 is 11.3 Å². The van der Waals surface area contributed by atoms with Crippen LogP contribution in [0.5, 0.6) is 0 Å². The Morgan fingerprint density at radius 2 is 1.50 bits per heavy atom. The monoisotopic (exact) mass is 523 g/mol. The summed E-state index contributed by atoms with van der Waals surface area (Å²) in [7, 11) is 0. The van der Waals surface area contributed by atoms with Gasteiger partial charge < -0.3 is 14.5 Å². The summed E-state index contributed by atoms with van der Waals surface area (Å²) in [5.74, 6) is -1.70. The summed E-state index contributed by atoms with van der Waals surface area (Å²) in [6, 6.07) is 27.5. The molecule has 9 heteroatoms. The molecule has 38 heavy (non-hydrogen) atoms. The van der Waals surface area contributed by atoms with Crippen LogP contribution in [0.25, 0.3) is 22.4 Å². The van der Waals surface area contributed by atoms with Gasteiger partial charge in [-0.25, -0.2) is 9.78 Å². The molecule has 0 fully saturated rings. The van der Waals surface area contributed by atoms with Gasteiger partial charge in [-0.05, 0) is 35.4 Å². The van der Waals surface area contributed by atoms with Crippen molar-refractivity contribution in [2.45, 2.75) is 0 Å². The number of aromatic nitrogens is 1. The Morgan fingerprint density at radius 1 is 0.789 bits per heavy atom. The summed E-state index contributed by atoms with van der Waals surface area (Å²) in [6.07, 6.45) is 1.38. The zero-order chi connectivity index (χ0) is 26.3. The Kier molecular flexibility index (Phi) is 7.37. The lowest BCUT2D eigenvalue weighted by Gasteiger charge is -2.10. The fraction of sp³-hybridized carbons (Fsp3) is 0.0345. The summed E-state index contributed by atoms with van der Waals surface area (Å²) >= 11 is 1.27. The van der Waals surface area contributed by atoms with Gasteiger partial charge in [-0.1, -0.05) is 66.7 Å². The van der Waals surface area contributed by atoms with Crippen molar-refractivity contribution in [3.63, 3.8) is 0 Å². The van der Waals surface area contributed by atoms with Gasteiger partial charge in [0, 0.05) is 10.9 Å². The van der Waals surface area contributed by atoms with Crippen LogP contribution in [0.15, 0.2) is 107 Å². The number of anilines is 2. The van der Waals surface area contributed by atoms with Gasteiger partial charge in [0.2, 0.25) is 0 Å². The van der Waals surface area contributed by atoms with E-state index in [1.54, 1.807) is 24.3 Å². The van der Waals surface area contributed by atoms with E-state index < -0.39 is 24.4 Å². The van der Waals surface area contributed by atoms with Crippen molar-refractivity contribution >= 4 is 39.9 Å². The van der Waals surface area contributed by atoms with E-state index in [1.807, 2.05) is 60.0 Å². The SMILES string of the molecule is O=C(COC(=O)c1ccccc1NC(=O)c1ccco1)Nc1nc(-c2ccc(-c3ccccc3)cc2)cs1. The summed E-state index contributed by atoms with van der Waals surface area (Å²) in [6.45, 7) is -0.514. The lowest BCUT2D eigenvalue weighted by Crippen LogP contribution is -2.22. The average molecular weight is 524 g/mol. The molecule has 0 aliphatic heterocycles. The highest BCUT2D eigenvalue weighted by molar-refractivity contribution is 7.14. The number of nitrogens with one attached hydrogen (secondary N) is 2. The maximum atomic E-state index is 12.6. The number of ether oxygens (including phenoxy) is 1. The number of thiazole rings is 1. The van der Waals surface area contributed by atoms with Crippen LogP contribution in [-0.4, -0.2) is 29.4 Å². The molecule has 0 radical (unpaired) electrons. The molecule has 2 heterocycles. The number of esters is 1. The molecule has 0 saturated heterocycles. The van der Waals surface area contributed by atoms with Gasteiger partial charge in [-0.3, -0.25) is 14.9 Å². The molecule has 0 saturated carbocycles. The molecule has 0 unspecified atom stereocenters. The van der Waals surface area contributed by atoms with Gasteiger partial charge in [0.05, 0.1) is 23.2 Å². The minimum Gasteiger partial charge on any atom is -0.459 e. The quantitative estimate of drug-likeness (QED) is 0.237. The Bertz CT molecular complexity index is 1560. The molecular weight excluding hydrogens is 502 g/mol. The first-order chi connectivity index (χ1) is 18.6.